The molecular weight excluding hydrogens is 420 g/mol. The molecule has 0 spiro atoms. The second-order valence-corrected chi connectivity index (χ2v) is 10.7. The molecule has 0 aliphatic carbocycles. The molecule has 0 saturated carbocycles. The Morgan fingerprint density at radius 3 is 2.30 bits per heavy atom. The number of carbonyl (C=O) groups is 1. The first-order valence-corrected chi connectivity index (χ1v) is 11.9. The Kier molecular flexibility index (Phi) is 6.58. The highest BCUT2D eigenvalue weighted by Crippen LogP contribution is 2.31. The van der Waals surface area contributed by atoms with Crippen molar-refractivity contribution in [1.82, 2.24) is 4.98 Å². The van der Waals surface area contributed by atoms with E-state index in [2.05, 4.69) is 10.3 Å². The number of aryl methyl sites for hydroxylation is 1. The molecule has 6 nitrogen and oxygen atoms in total. The Morgan fingerprint density at radius 1 is 1.10 bits per heavy atom. The Bertz CT molecular complexity index is 1130. The average molecular weight is 445 g/mol. The van der Waals surface area contributed by atoms with Crippen LogP contribution in [0.2, 0.25) is 0 Å². The molecule has 158 valence electrons. The molecule has 1 N–H and O–H groups in total. The molecule has 1 heterocycles. The number of ether oxygens (including phenoxy) is 1. The van der Waals surface area contributed by atoms with Crippen LogP contribution in [0.15, 0.2) is 53.4 Å². The van der Waals surface area contributed by atoms with Gasteiger partial charge in [0.2, 0.25) is 0 Å². The summed E-state index contributed by atoms with van der Waals surface area (Å²) >= 11 is 1.39. The number of nitrogens with one attached hydrogen (secondary N) is 1. The van der Waals surface area contributed by atoms with Crippen molar-refractivity contribution in [1.29, 1.82) is 0 Å². The van der Waals surface area contributed by atoms with Crippen molar-refractivity contribution < 1.29 is 17.9 Å². The number of nitrogens with zero attached hydrogens (tertiary/aromatic N) is 1. The van der Waals surface area contributed by atoms with Crippen LogP contribution in [0, 0.1) is 6.92 Å². The molecular formula is C22H24N2O4S2. The van der Waals surface area contributed by atoms with E-state index in [-0.39, 0.29) is 10.8 Å². The van der Waals surface area contributed by atoms with Gasteiger partial charge in [-0.1, -0.05) is 0 Å². The normalized spacial score (nSPS) is 11.5. The molecule has 0 atom stereocenters. The number of amides is 1. The summed E-state index contributed by atoms with van der Waals surface area (Å²) in [5, 5.41) is 2.77. The van der Waals surface area contributed by atoms with Crippen molar-refractivity contribution in [3.8, 4) is 17.0 Å². The zero-order valence-corrected chi connectivity index (χ0v) is 18.9. The molecule has 0 fully saturated rings. The molecule has 0 aliphatic heterocycles. The zero-order chi connectivity index (χ0) is 21.9. The van der Waals surface area contributed by atoms with Crippen molar-refractivity contribution in [2.75, 3.05) is 11.9 Å². The molecule has 2 aromatic carbocycles. The number of hydrogen-bond acceptors (Lipinski definition) is 6. The first kappa shape index (κ1) is 22.0. The summed E-state index contributed by atoms with van der Waals surface area (Å²) in [7, 11) is -3.37. The topological polar surface area (TPSA) is 85.4 Å². The summed E-state index contributed by atoms with van der Waals surface area (Å²) in [5.41, 5.74) is 2.11. The van der Waals surface area contributed by atoms with Crippen LogP contribution in [-0.2, 0) is 9.84 Å². The number of anilines is 1. The van der Waals surface area contributed by atoms with Crippen LogP contribution < -0.4 is 10.1 Å². The maximum absolute atomic E-state index is 12.6. The van der Waals surface area contributed by atoms with E-state index in [0.717, 1.165) is 21.9 Å². The lowest BCUT2D eigenvalue weighted by Crippen LogP contribution is -2.15. The van der Waals surface area contributed by atoms with E-state index in [4.69, 9.17) is 4.74 Å². The predicted molar refractivity (Wildman–Crippen MR) is 120 cm³/mol. The Balaban J connectivity index is 1.75. The van der Waals surface area contributed by atoms with Gasteiger partial charge in [0.15, 0.2) is 15.0 Å². The molecule has 0 radical (unpaired) electrons. The highest BCUT2D eigenvalue weighted by atomic mass is 32.2. The first-order chi connectivity index (χ1) is 14.2. The molecule has 0 saturated heterocycles. The zero-order valence-electron chi connectivity index (χ0n) is 17.3. The average Bonchev–Trinajstić information content (AvgIpc) is 3.08. The smallest absolute Gasteiger partial charge is 0.257 e. The largest absolute Gasteiger partial charge is 0.494 e. The van der Waals surface area contributed by atoms with Crippen LogP contribution in [0.5, 0.6) is 5.75 Å². The lowest BCUT2D eigenvalue weighted by Gasteiger charge is -2.08. The summed E-state index contributed by atoms with van der Waals surface area (Å²) in [5.74, 6) is 0.459. The minimum absolute atomic E-state index is 0.205. The van der Waals surface area contributed by atoms with Crippen molar-refractivity contribution >= 4 is 32.2 Å². The first-order valence-electron chi connectivity index (χ1n) is 9.58. The SMILES string of the molecule is CCOc1ccc(-c2nc(NC(=O)c3ccc(S(=O)(=O)C(C)C)cc3)sc2C)cc1. The number of sulfone groups is 1. The van der Waals surface area contributed by atoms with Gasteiger partial charge in [0.25, 0.3) is 5.91 Å². The summed E-state index contributed by atoms with van der Waals surface area (Å²) < 4.78 is 29.9. The van der Waals surface area contributed by atoms with Crippen LogP contribution in [0.25, 0.3) is 11.3 Å². The second-order valence-electron chi connectivity index (χ2n) is 6.95. The van der Waals surface area contributed by atoms with Crippen molar-refractivity contribution in [2.45, 2.75) is 37.8 Å². The third kappa shape index (κ3) is 4.71. The predicted octanol–water partition coefficient (Wildman–Crippen LogP) is 4.95. The molecule has 1 amide bonds. The van der Waals surface area contributed by atoms with E-state index >= 15 is 0 Å². The molecule has 1 aromatic heterocycles. The third-order valence-corrected chi connectivity index (χ3v) is 7.58. The minimum atomic E-state index is -3.37. The number of rotatable bonds is 7. The van der Waals surface area contributed by atoms with E-state index in [1.807, 2.05) is 38.1 Å². The maximum atomic E-state index is 12.6. The Labute approximate surface area is 180 Å². The number of thiazole rings is 1. The van der Waals surface area contributed by atoms with Gasteiger partial charge in [-0.15, -0.1) is 11.3 Å². The van der Waals surface area contributed by atoms with Crippen molar-refractivity contribution in [3.63, 3.8) is 0 Å². The maximum Gasteiger partial charge on any atom is 0.257 e. The quantitative estimate of drug-likeness (QED) is 0.557. The fourth-order valence-electron chi connectivity index (χ4n) is 2.83. The fourth-order valence-corrected chi connectivity index (χ4v) is 4.72. The number of carbonyl (C=O) groups excluding carboxylic acids is 1. The molecule has 8 heteroatoms. The van der Waals surface area contributed by atoms with Crippen LogP contribution in [0.1, 0.15) is 36.0 Å². The van der Waals surface area contributed by atoms with Gasteiger partial charge in [0.05, 0.1) is 22.4 Å². The summed E-state index contributed by atoms with van der Waals surface area (Å²) in [6, 6.07) is 13.6. The van der Waals surface area contributed by atoms with Crippen molar-refractivity contribution in [3.05, 3.63) is 59.0 Å². The molecule has 0 bridgehead atoms. The number of hydrogen-bond donors (Lipinski definition) is 1. The van der Waals surface area contributed by atoms with Gasteiger partial charge < -0.3 is 4.74 Å². The van der Waals surface area contributed by atoms with E-state index < -0.39 is 15.1 Å². The van der Waals surface area contributed by atoms with Gasteiger partial charge in [0.1, 0.15) is 5.75 Å². The second kappa shape index (κ2) is 8.97. The van der Waals surface area contributed by atoms with Crippen LogP contribution in [0.4, 0.5) is 5.13 Å². The number of benzene rings is 2. The van der Waals surface area contributed by atoms with Gasteiger partial charge in [-0.05, 0) is 76.2 Å². The van der Waals surface area contributed by atoms with E-state index in [1.165, 1.54) is 35.6 Å². The van der Waals surface area contributed by atoms with E-state index in [0.29, 0.717) is 17.3 Å². The van der Waals surface area contributed by atoms with Crippen molar-refractivity contribution in [2.24, 2.45) is 0 Å². The highest BCUT2D eigenvalue weighted by molar-refractivity contribution is 7.92. The van der Waals surface area contributed by atoms with Crippen LogP contribution in [-0.4, -0.2) is 31.2 Å². The lowest BCUT2D eigenvalue weighted by molar-refractivity contribution is 0.102. The summed E-state index contributed by atoms with van der Waals surface area (Å²) in [4.78, 5) is 18.3. The highest BCUT2D eigenvalue weighted by Gasteiger charge is 2.20. The van der Waals surface area contributed by atoms with Gasteiger partial charge in [0, 0.05) is 16.0 Å². The van der Waals surface area contributed by atoms with Gasteiger partial charge in [-0.2, -0.15) is 0 Å². The summed E-state index contributed by atoms with van der Waals surface area (Å²) in [6.07, 6.45) is 0. The summed E-state index contributed by atoms with van der Waals surface area (Å²) in [6.45, 7) is 7.75. The monoisotopic (exact) mass is 444 g/mol. The Morgan fingerprint density at radius 2 is 1.73 bits per heavy atom. The molecule has 3 rings (SSSR count). The van der Waals surface area contributed by atoms with Gasteiger partial charge in [-0.3, -0.25) is 10.1 Å². The molecule has 0 unspecified atom stereocenters. The third-order valence-electron chi connectivity index (χ3n) is 4.52. The number of aromatic nitrogens is 1. The minimum Gasteiger partial charge on any atom is -0.494 e. The van der Waals surface area contributed by atoms with Gasteiger partial charge in [-0.25, -0.2) is 13.4 Å². The van der Waals surface area contributed by atoms with Gasteiger partial charge >= 0.3 is 0 Å². The molecule has 3 aromatic rings. The lowest BCUT2D eigenvalue weighted by atomic mass is 10.1. The fraction of sp³-hybridized carbons (Fsp3) is 0.273. The van der Waals surface area contributed by atoms with E-state index in [9.17, 15) is 13.2 Å². The van der Waals surface area contributed by atoms with Crippen LogP contribution in [0.3, 0.4) is 0 Å². The molecule has 0 aliphatic rings. The van der Waals surface area contributed by atoms with Crippen LogP contribution >= 0.6 is 11.3 Å². The van der Waals surface area contributed by atoms with E-state index in [1.54, 1.807) is 13.8 Å². The standard InChI is InChI=1S/C22H24N2O4S2/c1-5-28-18-10-6-16(7-11-18)20-15(4)29-22(23-20)24-21(25)17-8-12-19(13-9-17)30(26,27)14(2)3/h6-14H,5H2,1-4H3,(H,23,24,25). The molecule has 30 heavy (non-hydrogen) atoms. The Hall–Kier alpha value is -2.71.